The van der Waals surface area contributed by atoms with E-state index in [0.29, 0.717) is 12.5 Å². The van der Waals surface area contributed by atoms with Crippen molar-refractivity contribution in [2.45, 2.75) is 45.2 Å². The Labute approximate surface area is 156 Å². The zero-order valence-corrected chi connectivity index (χ0v) is 15.5. The maximum Gasteiger partial charge on any atom is 0.325 e. The molecule has 4 amide bonds. The number of nitrogens with one attached hydrogen (secondary N) is 2. The van der Waals surface area contributed by atoms with Gasteiger partial charge in [-0.25, -0.2) is 9.78 Å². The molecule has 2 aromatic rings. The lowest BCUT2D eigenvalue weighted by Crippen LogP contribution is -2.46. The first-order chi connectivity index (χ1) is 12.9. The summed E-state index contributed by atoms with van der Waals surface area (Å²) in [5, 5.41) is 5.52. The normalized spacial score (nSPS) is 22.4. The van der Waals surface area contributed by atoms with Crippen molar-refractivity contribution in [3.8, 4) is 0 Å². The minimum Gasteiger partial charge on any atom is -0.323 e. The topological polar surface area (TPSA) is 96.3 Å². The van der Waals surface area contributed by atoms with Gasteiger partial charge in [-0.1, -0.05) is 19.1 Å². The van der Waals surface area contributed by atoms with Crippen LogP contribution in [-0.4, -0.2) is 44.4 Å². The lowest BCUT2D eigenvalue weighted by molar-refractivity contribution is -0.134. The van der Waals surface area contributed by atoms with Gasteiger partial charge in [0.1, 0.15) is 12.1 Å². The van der Waals surface area contributed by atoms with E-state index in [9.17, 15) is 14.4 Å². The Morgan fingerprint density at radius 3 is 2.78 bits per heavy atom. The third-order valence-corrected chi connectivity index (χ3v) is 5.35. The fourth-order valence-corrected chi connectivity index (χ4v) is 3.73. The quantitative estimate of drug-likeness (QED) is 0.762. The van der Waals surface area contributed by atoms with E-state index in [2.05, 4.69) is 15.6 Å². The van der Waals surface area contributed by atoms with Crippen LogP contribution >= 0.6 is 0 Å². The van der Waals surface area contributed by atoms with Crippen LogP contribution in [0, 0.1) is 5.92 Å². The number of benzene rings is 1. The van der Waals surface area contributed by atoms with Crippen molar-refractivity contribution in [1.82, 2.24) is 19.8 Å². The molecule has 2 N–H and O–H groups in total. The highest BCUT2D eigenvalue weighted by atomic mass is 16.2. The van der Waals surface area contributed by atoms with E-state index in [1.165, 1.54) is 0 Å². The van der Waals surface area contributed by atoms with Gasteiger partial charge in [0.2, 0.25) is 11.9 Å². The van der Waals surface area contributed by atoms with Crippen molar-refractivity contribution in [3.63, 3.8) is 0 Å². The Kier molecular flexibility index (Phi) is 4.13. The number of anilines is 1. The molecule has 142 valence electrons. The van der Waals surface area contributed by atoms with Crippen LogP contribution in [0.5, 0.6) is 0 Å². The Balaban J connectivity index is 1.51. The van der Waals surface area contributed by atoms with Crippen molar-refractivity contribution in [2.75, 3.05) is 11.9 Å². The molecule has 1 aliphatic heterocycles. The lowest BCUT2D eigenvalue weighted by Gasteiger charge is -2.20. The average molecular weight is 369 g/mol. The van der Waals surface area contributed by atoms with E-state index < -0.39 is 17.5 Å². The summed E-state index contributed by atoms with van der Waals surface area (Å²) in [4.78, 5) is 42.9. The highest BCUT2D eigenvalue weighted by Crippen LogP contribution is 2.42. The summed E-state index contributed by atoms with van der Waals surface area (Å²) >= 11 is 0. The fraction of sp³-hybridized carbons (Fsp3) is 0.474. The predicted molar refractivity (Wildman–Crippen MR) is 100 cm³/mol. The average Bonchev–Trinajstić information content (AvgIpc) is 3.41. The van der Waals surface area contributed by atoms with Crippen molar-refractivity contribution in [3.05, 3.63) is 24.3 Å². The minimum absolute atomic E-state index is 0.163. The van der Waals surface area contributed by atoms with Crippen molar-refractivity contribution < 1.29 is 14.4 Å². The number of urea groups is 1. The monoisotopic (exact) mass is 369 g/mol. The third-order valence-electron chi connectivity index (χ3n) is 5.35. The van der Waals surface area contributed by atoms with Crippen LogP contribution in [0.15, 0.2) is 24.3 Å². The minimum atomic E-state index is -0.882. The van der Waals surface area contributed by atoms with Crippen LogP contribution in [0.4, 0.5) is 10.7 Å². The number of aromatic nitrogens is 2. The number of nitrogens with zero attached hydrogens (tertiary/aromatic N) is 3. The number of hydrogen-bond donors (Lipinski definition) is 2. The standard InChI is InChI=1S/C19H23N5O3/c1-3-10-23-14-7-5-4-6-13(14)20-17(23)21-15(25)11-24-16(26)19(2,12-8-9-12)22-18(24)27/h4-7,12H,3,8-11H2,1-2H3,(H,22,27)(H,20,21,25)/t19-/m0/s1. The maximum absolute atomic E-state index is 12.7. The number of amides is 4. The first kappa shape index (κ1) is 17.5. The molecule has 0 unspecified atom stereocenters. The fourth-order valence-electron chi connectivity index (χ4n) is 3.73. The van der Waals surface area contributed by atoms with Gasteiger partial charge in [0, 0.05) is 6.54 Å². The molecule has 27 heavy (non-hydrogen) atoms. The van der Waals surface area contributed by atoms with Gasteiger partial charge in [0.25, 0.3) is 5.91 Å². The van der Waals surface area contributed by atoms with E-state index in [1.54, 1.807) is 6.92 Å². The smallest absolute Gasteiger partial charge is 0.323 e. The van der Waals surface area contributed by atoms with Crippen LogP contribution < -0.4 is 10.6 Å². The second-order valence-electron chi connectivity index (χ2n) is 7.42. The number of carbonyl (C=O) groups is 3. The van der Waals surface area contributed by atoms with Gasteiger partial charge >= 0.3 is 6.03 Å². The van der Waals surface area contributed by atoms with Gasteiger partial charge in [0.05, 0.1) is 11.0 Å². The summed E-state index contributed by atoms with van der Waals surface area (Å²) in [6.45, 7) is 4.18. The van der Waals surface area contributed by atoms with E-state index in [0.717, 1.165) is 35.2 Å². The van der Waals surface area contributed by atoms with Gasteiger partial charge in [-0.3, -0.25) is 19.8 Å². The second-order valence-corrected chi connectivity index (χ2v) is 7.42. The second kappa shape index (κ2) is 6.37. The van der Waals surface area contributed by atoms with Gasteiger partial charge in [0.15, 0.2) is 0 Å². The molecule has 2 heterocycles. The third kappa shape index (κ3) is 2.94. The predicted octanol–water partition coefficient (Wildman–Crippen LogP) is 2.11. The highest BCUT2D eigenvalue weighted by molar-refractivity contribution is 6.10. The molecule has 8 heteroatoms. The molecule has 1 aromatic heterocycles. The largest absolute Gasteiger partial charge is 0.325 e. The first-order valence-corrected chi connectivity index (χ1v) is 9.33. The molecule has 4 rings (SSSR count). The molecule has 1 saturated carbocycles. The molecule has 0 bridgehead atoms. The Bertz CT molecular complexity index is 933. The number of aryl methyl sites for hydroxylation is 1. The van der Waals surface area contributed by atoms with E-state index in [1.807, 2.05) is 35.8 Å². The molecule has 0 spiro atoms. The SMILES string of the molecule is CCCn1c(NC(=O)CN2C(=O)N[C@@](C)(C3CC3)C2=O)nc2ccccc21. The van der Waals surface area contributed by atoms with Crippen LogP contribution in [0.1, 0.15) is 33.1 Å². The lowest BCUT2D eigenvalue weighted by atomic mass is 9.96. The maximum atomic E-state index is 12.7. The molecule has 1 aromatic carbocycles. The van der Waals surface area contributed by atoms with Crippen molar-refractivity contribution in [2.24, 2.45) is 5.92 Å². The van der Waals surface area contributed by atoms with Gasteiger partial charge in [-0.05, 0) is 44.2 Å². The number of para-hydroxylation sites is 2. The summed E-state index contributed by atoms with van der Waals surface area (Å²) in [5.41, 5.74) is 0.843. The number of imidazole rings is 1. The summed E-state index contributed by atoms with van der Waals surface area (Å²) in [6, 6.07) is 7.14. The summed E-state index contributed by atoms with van der Waals surface area (Å²) in [6.07, 6.45) is 2.73. The first-order valence-electron chi connectivity index (χ1n) is 9.33. The van der Waals surface area contributed by atoms with Gasteiger partial charge in [-0.2, -0.15) is 0 Å². The number of rotatable bonds is 6. The Morgan fingerprint density at radius 2 is 2.07 bits per heavy atom. The molecule has 1 atom stereocenters. The van der Waals surface area contributed by atoms with Gasteiger partial charge < -0.3 is 9.88 Å². The van der Waals surface area contributed by atoms with Crippen molar-refractivity contribution >= 4 is 34.8 Å². The van der Waals surface area contributed by atoms with E-state index in [4.69, 9.17) is 0 Å². The molecule has 1 aliphatic carbocycles. The zero-order valence-electron chi connectivity index (χ0n) is 15.5. The molecule has 2 fully saturated rings. The molecular weight excluding hydrogens is 346 g/mol. The van der Waals surface area contributed by atoms with E-state index >= 15 is 0 Å². The van der Waals surface area contributed by atoms with Gasteiger partial charge in [-0.15, -0.1) is 0 Å². The highest BCUT2D eigenvalue weighted by Gasteiger charge is 2.56. The molecule has 1 saturated heterocycles. The molecular formula is C19H23N5O3. The van der Waals surface area contributed by atoms with Crippen molar-refractivity contribution in [1.29, 1.82) is 0 Å². The number of fused-ring (bicyclic) bond motifs is 1. The summed E-state index contributed by atoms with van der Waals surface area (Å²) in [7, 11) is 0. The Hall–Kier alpha value is -2.90. The van der Waals surface area contributed by atoms with Crippen LogP contribution in [0.3, 0.4) is 0 Å². The van der Waals surface area contributed by atoms with Crippen LogP contribution in [0.2, 0.25) is 0 Å². The van der Waals surface area contributed by atoms with Crippen LogP contribution in [-0.2, 0) is 16.1 Å². The zero-order chi connectivity index (χ0) is 19.2. The Morgan fingerprint density at radius 1 is 1.33 bits per heavy atom. The summed E-state index contributed by atoms with van der Waals surface area (Å²) in [5.74, 6) is -0.172. The molecule has 0 radical (unpaired) electrons. The number of hydrogen-bond acceptors (Lipinski definition) is 4. The molecule has 2 aliphatic rings. The molecule has 8 nitrogen and oxygen atoms in total. The summed E-state index contributed by atoms with van der Waals surface area (Å²) < 4.78 is 1.94. The number of carbonyl (C=O) groups excluding carboxylic acids is 3. The number of imide groups is 1. The van der Waals surface area contributed by atoms with E-state index in [-0.39, 0.29) is 18.4 Å². The van der Waals surface area contributed by atoms with Crippen LogP contribution in [0.25, 0.3) is 11.0 Å².